The molecular formula is C10H24N2OSi. The molecule has 1 fully saturated rings. The molecular weight excluding hydrogens is 192 g/mol. The van der Waals surface area contributed by atoms with E-state index in [9.17, 15) is 0 Å². The standard InChI is InChI=1S/C10H24N2OSi/c11-7-4-9(12)3-6-10(14)5-1-2-8-13-10/h9H,1-8,11-12H2,14H3. The smallest absolute Gasteiger partial charge is 0.0486 e. The number of rotatable bonds is 5. The van der Waals surface area contributed by atoms with Crippen LogP contribution in [0.5, 0.6) is 0 Å². The van der Waals surface area contributed by atoms with Crippen LogP contribution in [0.4, 0.5) is 0 Å². The molecule has 1 aliphatic heterocycles. The van der Waals surface area contributed by atoms with Gasteiger partial charge in [-0.05, 0) is 45.1 Å². The first-order valence-corrected chi connectivity index (χ1v) is 6.76. The molecule has 0 aromatic carbocycles. The van der Waals surface area contributed by atoms with Gasteiger partial charge in [0.1, 0.15) is 0 Å². The largest absolute Gasteiger partial charge is 0.380 e. The summed E-state index contributed by atoms with van der Waals surface area (Å²) in [5.41, 5.74) is 11.4. The maximum Gasteiger partial charge on any atom is 0.0486 e. The van der Waals surface area contributed by atoms with Gasteiger partial charge in [-0.25, -0.2) is 0 Å². The quantitative estimate of drug-likeness (QED) is 0.621. The van der Waals surface area contributed by atoms with Crippen LogP contribution in [-0.2, 0) is 4.74 Å². The van der Waals surface area contributed by atoms with Gasteiger partial charge in [0, 0.05) is 28.1 Å². The number of hydrogen-bond acceptors (Lipinski definition) is 3. The Balaban J connectivity index is 2.21. The summed E-state index contributed by atoms with van der Waals surface area (Å²) in [6.07, 6.45) is 6.96. The van der Waals surface area contributed by atoms with Gasteiger partial charge >= 0.3 is 0 Å². The van der Waals surface area contributed by atoms with Crippen molar-refractivity contribution in [2.24, 2.45) is 11.5 Å². The van der Waals surface area contributed by atoms with E-state index in [0.29, 0.717) is 6.54 Å². The van der Waals surface area contributed by atoms with Crippen LogP contribution in [0.3, 0.4) is 0 Å². The lowest BCUT2D eigenvalue weighted by molar-refractivity contribution is -0.0246. The van der Waals surface area contributed by atoms with Gasteiger partial charge in [-0.15, -0.1) is 0 Å². The van der Waals surface area contributed by atoms with Gasteiger partial charge in [0.25, 0.3) is 0 Å². The van der Waals surface area contributed by atoms with Crippen molar-refractivity contribution in [2.75, 3.05) is 13.2 Å². The van der Waals surface area contributed by atoms with Crippen LogP contribution in [-0.4, -0.2) is 34.7 Å². The summed E-state index contributed by atoms with van der Waals surface area (Å²) in [6, 6.07) is 0.274. The van der Waals surface area contributed by atoms with Crippen LogP contribution in [0.25, 0.3) is 0 Å². The Morgan fingerprint density at radius 3 is 2.71 bits per heavy atom. The predicted molar refractivity (Wildman–Crippen MR) is 63.4 cm³/mol. The second kappa shape index (κ2) is 5.85. The van der Waals surface area contributed by atoms with Crippen LogP contribution in [0.15, 0.2) is 0 Å². The molecule has 3 nitrogen and oxygen atoms in total. The molecule has 1 heterocycles. The van der Waals surface area contributed by atoms with Crippen molar-refractivity contribution in [2.45, 2.75) is 49.8 Å². The third-order valence-corrected chi connectivity index (χ3v) is 4.42. The molecule has 1 saturated heterocycles. The Labute approximate surface area is 90.0 Å². The fourth-order valence-corrected chi connectivity index (χ4v) is 2.88. The summed E-state index contributed by atoms with van der Waals surface area (Å²) in [5.74, 6) is 0. The molecule has 14 heavy (non-hydrogen) atoms. The van der Waals surface area contributed by atoms with E-state index in [0.717, 1.165) is 36.1 Å². The molecule has 2 atom stereocenters. The lowest BCUT2D eigenvalue weighted by atomic mass is 10.00. The van der Waals surface area contributed by atoms with Gasteiger partial charge in [-0.1, -0.05) is 0 Å². The van der Waals surface area contributed by atoms with Crippen molar-refractivity contribution in [1.29, 1.82) is 0 Å². The highest BCUT2D eigenvalue weighted by molar-refractivity contribution is 6.14. The molecule has 0 saturated carbocycles. The lowest BCUT2D eigenvalue weighted by Crippen LogP contribution is -2.38. The van der Waals surface area contributed by atoms with E-state index in [1.165, 1.54) is 19.3 Å². The minimum absolute atomic E-state index is 0.227. The average molecular weight is 216 g/mol. The normalized spacial score (nSPS) is 30.4. The third kappa shape index (κ3) is 4.08. The van der Waals surface area contributed by atoms with Crippen molar-refractivity contribution >= 4 is 10.2 Å². The highest BCUT2D eigenvalue weighted by Crippen LogP contribution is 2.26. The zero-order valence-electron chi connectivity index (χ0n) is 9.30. The van der Waals surface area contributed by atoms with Crippen molar-refractivity contribution < 1.29 is 4.74 Å². The number of hydrogen-bond donors (Lipinski definition) is 2. The van der Waals surface area contributed by atoms with Crippen LogP contribution >= 0.6 is 0 Å². The molecule has 0 spiro atoms. The van der Waals surface area contributed by atoms with Gasteiger partial charge in [-0.2, -0.15) is 0 Å². The Morgan fingerprint density at radius 2 is 2.14 bits per heavy atom. The number of ether oxygens (including phenoxy) is 1. The molecule has 4 heteroatoms. The van der Waals surface area contributed by atoms with E-state index in [4.69, 9.17) is 16.2 Å². The lowest BCUT2D eigenvalue weighted by Gasteiger charge is -2.34. The summed E-state index contributed by atoms with van der Waals surface area (Å²) < 4.78 is 5.87. The first-order valence-electron chi connectivity index (χ1n) is 5.76. The van der Waals surface area contributed by atoms with E-state index in [1.54, 1.807) is 0 Å². The summed E-state index contributed by atoms with van der Waals surface area (Å²) in [4.78, 5) is 0. The minimum atomic E-state index is 0.227. The summed E-state index contributed by atoms with van der Waals surface area (Å²) in [5, 5.41) is 0.227. The van der Waals surface area contributed by atoms with E-state index in [2.05, 4.69) is 0 Å². The molecule has 2 unspecified atom stereocenters. The van der Waals surface area contributed by atoms with E-state index < -0.39 is 0 Å². The Hall–Kier alpha value is 0.0969. The molecule has 1 rings (SSSR count). The van der Waals surface area contributed by atoms with E-state index in [-0.39, 0.29) is 11.3 Å². The molecule has 0 bridgehead atoms. The summed E-state index contributed by atoms with van der Waals surface area (Å²) in [6.45, 7) is 1.66. The first-order chi connectivity index (χ1) is 6.66. The topological polar surface area (TPSA) is 61.3 Å². The second-order valence-corrected chi connectivity index (χ2v) is 6.45. The van der Waals surface area contributed by atoms with Gasteiger partial charge in [-0.3, -0.25) is 0 Å². The first kappa shape index (κ1) is 12.2. The molecule has 0 amide bonds. The molecule has 0 radical (unpaired) electrons. The zero-order valence-corrected chi connectivity index (χ0v) is 11.3. The molecule has 1 aliphatic rings. The molecule has 84 valence electrons. The molecule has 4 N–H and O–H groups in total. The van der Waals surface area contributed by atoms with Crippen LogP contribution in [0.2, 0.25) is 0 Å². The Bertz CT molecular complexity index is 160. The van der Waals surface area contributed by atoms with E-state index in [1.807, 2.05) is 0 Å². The van der Waals surface area contributed by atoms with E-state index >= 15 is 0 Å². The third-order valence-electron chi connectivity index (χ3n) is 3.13. The van der Waals surface area contributed by atoms with Crippen LogP contribution in [0.1, 0.15) is 38.5 Å². The Morgan fingerprint density at radius 1 is 1.36 bits per heavy atom. The average Bonchev–Trinajstić information content (AvgIpc) is 2.17. The zero-order chi connectivity index (χ0) is 10.4. The minimum Gasteiger partial charge on any atom is -0.380 e. The monoisotopic (exact) mass is 216 g/mol. The molecule has 0 aromatic heterocycles. The van der Waals surface area contributed by atoms with Crippen molar-refractivity contribution in [3.8, 4) is 0 Å². The van der Waals surface area contributed by atoms with Crippen molar-refractivity contribution in [3.63, 3.8) is 0 Å². The predicted octanol–water partition coefficient (Wildman–Crippen LogP) is -0.295. The Kier molecular flexibility index (Phi) is 5.09. The van der Waals surface area contributed by atoms with Gasteiger partial charge < -0.3 is 16.2 Å². The maximum atomic E-state index is 5.94. The fourth-order valence-electron chi connectivity index (χ4n) is 2.04. The van der Waals surface area contributed by atoms with Crippen molar-refractivity contribution in [3.05, 3.63) is 0 Å². The SMILES string of the molecule is NCCC(N)CCC1([SiH3])CCCCO1. The highest BCUT2D eigenvalue weighted by atomic mass is 28.1. The van der Waals surface area contributed by atoms with Crippen LogP contribution < -0.4 is 11.5 Å². The van der Waals surface area contributed by atoms with Crippen LogP contribution in [0, 0.1) is 0 Å². The summed E-state index contributed by atoms with van der Waals surface area (Å²) >= 11 is 0. The molecule has 0 aromatic rings. The summed E-state index contributed by atoms with van der Waals surface area (Å²) in [7, 11) is 1.13. The fraction of sp³-hybridized carbons (Fsp3) is 1.00. The number of nitrogens with two attached hydrogens (primary N) is 2. The molecule has 0 aliphatic carbocycles. The highest BCUT2D eigenvalue weighted by Gasteiger charge is 2.27. The van der Waals surface area contributed by atoms with Crippen molar-refractivity contribution in [1.82, 2.24) is 0 Å². The second-order valence-electron chi connectivity index (χ2n) is 4.63. The van der Waals surface area contributed by atoms with Gasteiger partial charge in [0.05, 0.1) is 0 Å². The van der Waals surface area contributed by atoms with Gasteiger partial charge in [0.2, 0.25) is 0 Å². The van der Waals surface area contributed by atoms with Gasteiger partial charge in [0.15, 0.2) is 0 Å². The maximum absolute atomic E-state index is 5.94.